The number of ether oxygens (including phenoxy) is 1. The van der Waals surface area contributed by atoms with Crippen molar-refractivity contribution in [2.24, 2.45) is 0 Å². The van der Waals surface area contributed by atoms with Gasteiger partial charge in [-0.2, -0.15) is 0 Å². The highest BCUT2D eigenvalue weighted by atomic mass is 16.5. The number of piperidine rings is 1. The number of rotatable bonds is 3. The number of morpholine rings is 1. The van der Waals surface area contributed by atoms with Gasteiger partial charge in [0.2, 0.25) is 5.91 Å². The van der Waals surface area contributed by atoms with Crippen LogP contribution in [-0.4, -0.2) is 72.4 Å². The molecule has 0 aromatic rings. The molecule has 0 aromatic carbocycles. The van der Waals surface area contributed by atoms with Crippen molar-refractivity contribution in [3.63, 3.8) is 0 Å². The van der Waals surface area contributed by atoms with E-state index < -0.39 is 0 Å². The largest absolute Gasteiger partial charge is 0.395 e. The van der Waals surface area contributed by atoms with Crippen LogP contribution in [0, 0.1) is 0 Å². The molecule has 104 valence electrons. The van der Waals surface area contributed by atoms with Crippen LogP contribution in [0.15, 0.2) is 0 Å². The van der Waals surface area contributed by atoms with E-state index in [1.807, 2.05) is 11.8 Å². The number of carbonyl (C=O) groups excluding carboxylic acids is 1. The minimum absolute atomic E-state index is 0.136. The predicted octanol–water partition coefficient (Wildman–Crippen LogP) is 0.0805. The summed E-state index contributed by atoms with van der Waals surface area (Å²) in [6, 6.07) is 0.629. The highest BCUT2D eigenvalue weighted by molar-refractivity contribution is 5.75. The molecular weight excluding hydrogens is 232 g/mol. The number of likely N-dealkylation sites (tertiary alicyclic amines) is 1. The Kier molecular flexibility index (Phi) is 4.97. The summed E-state index contributed by atoms with van der Waals surface area (Å²) in [6.07, 6.45) is 2.63. The Bertz CT molecular complexity index is 277. The Hall–Kier alpha value is -0.650. The van der Waals surface area contributed by atoms with Gasteiger partial charge in [-0.15, -0.1) is 0 Å². The number of hydrogen-bond acceptors (Lipinski definition) is 4. The first kappa shape index (κ1) is 13.8. The molecule has 5 heteroatoms. The molecule has 1 amide bonds. The normalized spacial score (nSPS) is 27.4. The number of hydrogen-bond donors (Lipinski definition) is 1. The second kappa shape index (κ2) is 6.50. The van der Waals surface area contributed by atoms with Crippen LogP contribution in [0.5, 0.6) is 0 Å². The SMILES string of the molecule is CCC(=O)N1CCC(N2CCOC[C@@H]2CO)CC1. The molecule has 0 radical (unpaired) electrons. The quantitative estimate of drug-likeness (QED) is 0.777. The van der Waals surface area contributed by atoms with Crippen molar-refractivity contribution in [3.8, 4) is 0 Å². The summed E-state index contributed by atoms with van der Waals surface area (Å²) in [5, 5.41) is 9.38. The molecule has 2 fully saturated rings. The van der Waals surface area contributed by atoms with E-state index >= 15 is 0 Å². The van der Waals surface area contributed by atoms with Crippen LogP contribution >= 0.6 is 0 Å². The molecule has 0 bridgehead atoms. The molecule has 2 saturated heterocycles. The highest BCUT2D eigenvalue weighted by Crippen LogP contribution is 2.21. The fourth-order valence-electron chi connectivity index (χ4n) is 2.98. The first-order valence-corrected chi connectivity index (χ1v) is 6.98. The Morgan fingerprint density at radius 3 is 2.67 bits per heavy atom. The molecule has 0 aliphatic carbocycles. The van der Waals surface area contributed by atoms with E-state index in [-0.39, 0.29) is 18.6 Å². The standard InChI is InChI=1S/C13H24N2O3/c1-2-13(17)14-5-3-11(4-6-14)15-7-8-18-10-12(15)9-16/h11-12,16H,2-10H2,1H3/t12-/m0/s1. The van der Waals surface area contributed by atoms with E-state index in [1.165, 1.54) is 0 Å². The molecule has 2 heterocycles. The van der Waals surface area contributed by atoms with Gasteiger partial charge in [-0.25, -0.2) is 0 Å². The van der Waals surface area contributed by atoms with E-state index in [4.69, 9.17) is 4.74 Å². The summed E-state index contributed by atoms with van der Waals surface area (Å²) in [7, 11) is 0. The first-order valence-electron chi connectivity index (χ1n) is 6.98. The third kappa shape index (κ3) is 3.02. The van der Waals surface area contributed by atoms with Crippen LogP contribution in [0.3, 0.4) is 0 Å². The zero-order valence-corrected chi connectivity index (χ0v) is 11.2. The van der Waals surface area contributed by atoms with Gasteiger partial charge in [-0.3, -0.25) is 9.69 Å². The third-order valence-electron chi connectivity index (χ3n) is 4.07. The molecule has 1 atom stereocenters. The zero-order chi connectivity index (χ0) is 13.0. The van der Waals surface area contributed by atoms with Crippen LogP contribution < -0.4 is 0 Å². The molecule has 2 aliphatic rings. The Labute approximate surface area is 109 Å². The van der Waals surface area contributed by atoms with Crippen molar-refractivity contribution in [3.05, 3.63) is 0 Å². The van der Waals surface area contributed by atoms with Crippen LogP contribution in [0.25, 0.3) is 0 Å². The van der Waals surface area contributed by atoms with E-state index in [9.17, 15) is 9.90 Å². The molecule has 0 saturated carbocycles. The van der Waals surface area contributed by atoms with Crippen molar-refractivity contribution in [2.45, 2.75) is 38.3 Å². The molecule has 0 spiro atoms. The summed E-state index contributed by atoms with van der Waals surface area (Å²) in [5.41, 5.74) is 0. The van der Waals surface area contributed by atoms with Gasteiger partial charge in [0, 0.05) is 32.1 Å². The maximum Gasteiger partial charge on any atom is 0.222 e. The van der Waals surface area contributed by atoms with E-state index in [2.05, 4.69) is 4.90 Å². The fourth-order valence-corrected chi connectivity index (χ4v) is 2.98. The predicted molar refractivity (Wildman–Crippen MR) is 68.3 cm³/mol. The maximum atomic E-state index is 11.6. The van der Waals surface area contributed by atoms with Gasteiger partial charge in [-0.1, -0.05) is 6.92 Å². The third-order valence-corrected chi connectivity index (χ3v) is 4.07. The monoisotopic (exact) mass is 256 g/mol. The zero-order valence-electron chi connectivity index (χ0n) is 11.2. The lowest BCUT2D eigenvalue weighted by Gasteiger charge is -2.43. The minimum atomic E-state index is 0.136. The van der Waals surface area contributed by atoms with Crippen LogP contribution in [0.2, 0.25) is 0 Å². The summed E-state index contributed by atoms with van der Waals surface area (Å²) in [5.74, 6) is 0.258. The Morgan fingerprint density at radius 1 is 1.33 bits per heavy atom. The van der Waals surface area contributed by atoms with Crippen molar-refractivity contribution < 1.29 is 14.6 Å². The van der Waals surface area contributed by atoms with Crippen LogP contribution in [0.1, 0.15) is 26.2 Å². The molecule has 18 heavy (non-hydrogen) atoms. The summed E-state index contributed by atoms with van der Waals surface area (Å²) >= 11 is 0. The lowest BCUT2D eigenvalue weighted by atomic mass is 10.0. The van der Waals surface area contributed by atoms with Gasteiger partial charge in [-0.05, 0) is 12.8 Å². The van der Waals surface area contributed by atoms with Gasteiger partial charge >= 0.3 is 0 Å². The summed E-state index contributed by atoms with van der Waals surface area (Å²) in [6.45, 7) is 6.07. The second-order valence-electron chi connectivity index (χ2n) is 5.11. The topological polar surface area (TPSA) is 53.0 Å². The number of aliphatic hydroxyl groups excluding tert-OH is 1. The fraction of sp³-hybridized carbons (Fsp3) is 0.923. The first-order chi connectivity index (χ1) is 8.76. The van der Waals surface area contributed by atoms with Gasteiger partial charge in [0.1, 0.15) is 0 Å². The number of amides is 1. The smallest absolute Gasteiger partial charge is 0.222 e. The molecular formula is C13H24N2O3. The minimum Gasteiger partial charge on any atom is -0.395 e. The van der Waals surface area contributed by atoms with Gasteiger partial charge < -0.3 is 14.7 Å². The van der Waals surface area contributed by atoms with Crippen LogP contribution in [0.4, 0.5) is 0 Å². The molecule has 0 aromatic heterocycles. The number of nitrogens with zero attached hydrogens (tertiary/aromatic N) is 2. The Morgan fingerprint density at radius 2 is 2.06 bits per heavy atom. The van der Waals surface area contributed by atoms with Gasteiger partial charge in [0.15, 0.2) is 0 Å². The van der Waals surface area contributed by atoms with E-state index in [1.54, 1.807) is 0 Å². The lowest BCUT2D eigenvalue weighted by molar-refractivity contribution is -0.133. The molecule has 0 unspecified atom stereocenters. The Balaban J connectivity index is 1.86. The average Bonchev–Trinajstić information content (AvgIpc) is 2.46. The van der Waals surface area contributed by atoms with Gasteiger partial charge in [0.05, 0.1) is 25.9 Å². The average molecular weight is 256 g/mol. The van der Waals surface area contributed by atoms with Crippen molar-refractivity contribution in [1.82, 2.24) is 9.80 Å². The van der Waals surface area contributed by atoms with Gasteiger partial charge in [0.25, 0.3) is 0 Å². The number of carbonyl (C=O) groups is 1. The molecule has 1 N–H and O–H groups in total. The second-order valence-corrected chi connectivity index (χ2v) is 5.11. The van der Waals surface area contributed by atoms with Crippen LogP contribution in [-0.2, 0) is 9.53 Å². The highest BCUT2D eigenvalue weighted by Gasteiger charge is 2.32. The summed E-state index contributed by atoms with van der Waals surface area (Å²) < 4.78 is 5.40. The van der Waals surface area contributed by atoms with E-state index in [0.29, 0.717) is 19.1 Å². The molecule has 2 rings (SSSR count). The van der Waals surface area contributed by atoms with Crippen molar-refractivity contribution >= 4 is 5.91 Å². The van der Waals surface area contributed by atoms with Crippen molar-refractivity contribution in [1.29, 1.82) is 0 Å². The number of aliphatic hydroxyl groups is 1. The molecule has 2 aliphatic heterocycles. The van der Waals surface area contributed by atoms with E-state index in [0.717, 1.165) is 39.1 Å². The molecule has 5 nitrogen and oxygen atoms in total. The van der Waals surface area contributed by atoms with Crippen molar-refractivity contribution in [2.75, 3.05) is 39.5 Å². The summed E-state index contributed by atoms with van der Waals surface area (Å²) in [4.78, 5) is 16.0. The lowest BCUT2D eigenvalue weighted by Crippen LogP contribution is -2.55. The maximum absolute atomic E-state index is 11.6.